The second-order valence-corrected chi connectivity index (χ2v) is 6.15. The topological polar surface area (TPSA) is 83.9 Å². The fourth-order valence-electron chi connectivity index (χ4n) is 2.04. The minimum absolute atomic E-state index is 0.0178. The number of carbonyl (C=O) groups is 1. The van der Waals surface area contributed by atoms with Crippen molar-refractivity contribution in [2.45, 2.75) is 25.1 Å². The van der Waals surface area contributed by atoms with Crippen LogP contribution < -0.4 is 0 Å². The number of hydrogen-bond acceptors (Lipinski definition) is 5. The molecule has 0 aliphatic rings. The molecule has 0 rings (SSSR count). The Morgan fingerprint density at radius 3 is 2.28 bits per heavy atom. The van der Waals surface area contributed by atoms with E-state index in [9.17, 15) is 17.8 Å². The van der Waals surface area contributed by atoms with Crippen molar-refractivity contribution in [3.05, 3.63) is 12.7 Å². The molecule has 0 fully saturated rings. The van der Waals surface area contributed by atoms with Crippen LogP contribution in [0.3, 0.4) is 0 Å². The number of rotatable bonds is 7. The average molecular weight is 279 g/mol. The monoisotopic (exact) mass is 279 g/mol. The van der Waals surface area contributed by atoms with Gasteiger partial charge in [0.05, 0.1) is 6.61 Å². The second kappa shape index (κ2) is 6.31. The van der Waals surface area contributed by atoms with E-state index in [1.165, 1.54) is 4.90 Å². The van der Waals surface area contributed by atoms with E-state index in [4.69, 9.17) is 4.74 Å². The summed E-state index contributed by atoms with van der Waals surface area (Å²) in [6.45, 7) is 6.50. The first kappa shape index (κ1) is 17.1. The SMILES string of the molecule is C=CC(=O)OCCC(C(C)C)(N(C)C)S(=O)(=O)O. The van der Waals surface area contributed by atoms with E-state index >= 15 is 0 Å². The summed E-state index contributed by atoms with van der Waals surface area (Å²) in [5.74, 6) is -0.994. The van der Waals surface area contributed by atoms with Gasteiger partial charge in [-0.15, -0.1) is 0 Å². The Kier molecular flexibility index (Phi) is 5.98. The molecule has 0 aliphatic carbocycles. The molecule has 1 unspecified atom stereocenters. The van der Waals surface area contributed by atoms with E-state index in [-0.39, 0.29) is 18.9 Å². The van der Waals surface area contributed by atoms with E-state index in [1.807, 2.05) is 0 Å². The third kappa shape index (κ3) is 3.54. The van der Waals surface area contributed by atoms with Crippen molar-refractivity contribution < 1.29 is 22.5 Å². The number of hydrogen-bond donors (Lipinski definition) is 1. The van der Waals surface area contributed by atoms with Crippen molar-refractivity contribution >= 4 is 16.1 Å². The highest BCUT2D eigenvalue weighted by Crippen LogP contribution is 2.32. The number of ether oxygens (including phenoxy) is 1. The van der Waals surface area contributed by atoms with Gasteiger partial charge < -0.3 is 4.74 Å². The van der Waals surface area contributed by atoms with Crippen molar-refractivity contribution in [2.24, 2.45) is 5.92 Å². The highest BCUT2D eigenvalue weighted by atomic mass is 32.2. The molecule has 6 nitrogen and oxygen atoms in total. The lowest BCUT2D eigenvalue weighted by Gasteiger charge is -2.40. The van der Waals surface area contributed by atoms with Crippen LogP contribution in [0.25, 0.3) is 0 Å². The lowest BCUT2D eigenvalue weighted by atomic mass is 9.99. The third-order valence-electron chi connectivity index (χ3n) is 2.98. The Bertz CT molecular complexity index is 392. The lowest BCUT2D eigenvalue weighted by Crippen LogP contribution is -2.55. The van der Waals surface area contributed by atoms with Crippen molar-refractivity contribution in [2.75, 3.05) is 20.7 Å². The number of nitrogens with zero attached hydrogens (tertiary/aromatic N) is 1. The van der Waals surface area contributed by atoms with Gasteiger partial charge in [-0.1, -0.05) is 20.4 Å². The first-order valence-electron chi connectivity index (χ1n) is 5.53. The lowest BCUT2D eigenvalue weighted by molar-refractivity contribution is -0.138. The van der Waals surface area contributed by atoms with E-state index in [0.29, 0.717) is 0 Å². The van der Waals surface area contributed by atoms with Gasteiger partial charge in [-0.05, 0) is 20.0 Å². The Morgan fingerprint density at radius 2 is 2.00 bits per heavy atom. The maximum atomic E-state index is 11.6. The molecule has 0 heterocycles. The standard InChI is InChI=1S/C11H21NO5S/c1-6-10(13)17-8-7-11(9(2)3,12(4)5)18(14,15)16/h6,9H,1,7-8H2,2-5H3,(H,14,15,16). The van der Waals surface area contributed by atoms with Crippen LogP contribution in [0.5, 0.6) is 0 Å². The molecule has 1 atom stereocenters. The van der Waals surface area contributed by atoms with E-state index in [2.05, 4.69) is 6.58 Å². The molecule has 0 spiro atoms. The minimum Gasteiger partial charge on any atom is -0.462 e. The smallest absolute Gasteiger partial charge is 0.330 e. The van der Waals surface area contributed by atoms with Gasteiger partial charge in [0.1, 0.15) is 0 Å². The zero-order chi connectivity index (χ0) is 14.6. The molecule has 0 aromatic rings. The second-order valence-electron chi connectivity index (χ2n) is 4.49. The molecule has 0 saturated heterocycles. The molecule has 18 heavy (non-hydrogen) atoms. The molecule has 0 aromatic carbocycles. The van der Waals surface area contributed by atoms with Crippen LogP contribution in [0.15, 0.2) is 12.7 Å². The average Bonchev–Trinajstić information content (AvgIpc) is 2.20. The molecule has 0 aliphatic heterocycles. The van der Waals surface area contributed by atoms with Crippen LogP contribution in [-0.2, 0) is 19.6 Å². The number of esters is 1. The van der Waals surface area contributed by atoms with Crippen molar-refractivity contribution in [1.29, 1.82) is 0 Å². The van der Waals surface area contributed by atoms with E-state index in [1.54, 1.807) is 27.9 Å². The van der Waals surface area contributed by atoms with Crippen LogP contribution in [0.4, 0.5) is 0 Å². The van der Waals surface area contributed by atoms with Crippen LogP contribution in [0.2, 0.25) is 0 Å². The number of carbonyl (C=O) groups excluding carboxylic acids is 1. The summed E-state index contributed by atoms with van der Waals surface area (Å²) >= 11 is 0. The maximum Gasteiger partial charge on any atom is 0.330 e. The first-order valence-corrected chi connectivity index (χ1v) is 6.97. The molecule has 0 saturated carbocycles. The van der Waals surface area contributed by atoms with Gasteiger partial charge in [-0.3, -0.25) is 9.45 Å². The summed E-state index contributed by atoms with van der Waals surface area (Å²) in [6.07, 6.45) is 0.982. The Balaban J connectivity index is 5.12. The van der Waals surface area contributed by atoms with Gasteiger partial charge in [-0.2, -0.15) is 8.42 Å². The van der Waals surface area contributed by atoms with Crippen molar-refractivity contribution in [3.8, 4) is 0 Å². The highest BCUT2D eigenvalue weighted by Gasteiger charge is 2.47. The van der Waals surface area contributed by atoms with Crippen molar-refractivity contribution in [3.63, 3.8) is 0 Å². The zero-order valence-electron chi connectivity index (χ0n) is 11.2. The molecule has 7 heteroatoms. The van der Waals surface area contributed by atoms with Crippen LogP contribution in [0, 0.1) is 5.92 Å². The molecule has 1 N–H and O–H groups in total. The summed E-state index contributed by atoms with van der Waals surface area (Å²) in [7, 11) is -1.20. The molecule has 0 radical (unpaired) electrons. The van der Waals surface area contributed by atoms with E-state index in [0.717, 1.165) is 6.08 Å². The summed E-state index contributed by atoms with van der Waals surface area (Å²) < 4.78 is 37.5. The molecular formula is C11H21NO5S. The fourth-order valence-corrected chi connectivity index (χ4v) is 3.44. The predicted molar refractivity (Wildman–Crippen MR) is 68.6 cm³/mol. The Labute approximate surface area is 108 Å². The van der Waals surface area contributed by atoms with E-state index < -0.39 is 21.0 Å². The third-order valence-corrected chi connectivity index (χ3v) is 4.91. The summed E-state index contributed by atoms with van der Waals surface area (Å²) in [5.41, 5.74) is 0. The minimum atomic E-state index is -4.32. The first-order chi connectivity index (χ1) is 8.09. The van der Waals surface area contributed by atoms with Gasteiger partial charge in [0.2, 0.25) is 0 Å². The van der Waals surface area contributed by atoms with Crippen LogP contribution in [0.1, 0.15) is 20.3 Å². The van der Waals surface area contributed by atoms with Crippen LogP contribution >= 0.6 is 0 Å². The highest BCUT2D eigenvalue weighted by molar-refractivity contribution is 7.87. The summed E-state index contributed by atoms with van der Waals surface area (Å²) in [4.78, 5) is 10.9. The van der Waals surface area contributed by atoms with Gasteiger partial charge in [0, 0.05) is 12.5 Å². The van der Waals surface area contributed by atoms with Gasteiger partial charge in [0.25, 0.3) is 10.1 Å². The predicted octanol–water partition coefficient (Wildman–Crippen LogP) is 0.907. The van der Waals surface area contributed by atoms with Gasteiger partial charge in [0.15, 0.2) is 4.87 Å². The summed E-state index contributed by atoms with van der Waals surface area (Å²) in [6, 6.07) is 0. The van der Waals surface area contributed by atoms with Gasteiger partial charge in [-0.25, -0.2) is 4.79 Å². The molecule has 0 amide bonds. The molecule has 106 valence electrons. The summed E-state index contributed by atoms with van der Waals surface area (Å²) in [5, 5.41) is 0. The molecule has 0 aromatic heterocycles. The largest absolute Gasteiger partial charge is 0.462 e. The zero-order valence-corrected chi connectivity index (χ0v) is 12.0. The molecular weight excluding hydrogens is 258 g/mol. The van der Waals surface area contributed by atoms with Crippen molar-refractivity contribution in [1.82, 2.24) is 4.90 Å². The Hall–Kier alpha value is -0.920. The fraction of sp³-hybridized carbons (Fsp3) is 0.727. The quantitative estimate of drug-likeness (QED) is 0.423. The maximum absolute atomic E-state index is 11.6. The normalized spacial score (nSPS) is 15.5. The van der Waals surface area contributed by atoms with Crippen LogP contribution in [-0.4, -0.2) is 49.4 Å². The molecule has 0 bridgehead atoms. The van der Waals surface area contributed by atoms with Gasteiger partial charge >= 0.3 is 5.97 Å². The Morgan fingerprint density at radius 1 is 1.50 bits per heavy atom.